The number of anilines is 1. The van der Waals surface area contributed by atoms with Gasteiger partial charge in [-0.25, -0.2) is 4.98 Å². The van der Waals surface area contributed by atoms with Crippen molar-refractivity contribution < 1.29 is 0 Å². The van der Waals surface area contributed by atoms with E-state index in [1.807, 2.05) is 0 Å². The fourth-order valence-electron chi connectivity index (χ4n) is 5.88. The quantitative estimate of drug-likeness (QED) is 0.648. The van der Waals surface area contributed by atoms with Crippen LogP contribution >= 0.6 is 0 Å². The molecule has 2 aliphatic heterocycles. The van der Waals surface area contributed by atoms with Crippen molar-refractivity contribution in [3.8, 4) is 0 Å². The maximum Gasteiger partial charge on any atom is 0.256 e. The van der Waals surface area contributed by atoms with Gasteiger partial charge in [0.15, 0.2) is 0 Å². The average Bonchev–Trinajstić information content (AvgIpc) is 2.80. The van der Waals surface area contributed by atoms with Crippen molar-refractivity contribution in [2.45, 2.75) is 91.0 Å². The highest BCUT2D eigenvalue weighted by atomic mass is 16.1. The Balaban J connectivity index is 1.60. The lowest BCUT2D eigenvalue weighted by molar-refractivity contribution is 0.192. The van der Waals surface area contributed by atoms with E-state index in [0.717, 1.165) is 55.4 Å². The lowest BCUT2D eigenvalue weighted by Crippen LogP contribution is -2.42. The predicted molar refractivity (Wildman–Crippen MR) is 133 cm³/mol. The summed E-state index contributed by atoms with van der Waals surface area (Å²) in [7, 11) is 0. The van der Waals surface area contributed by atoms with Crippen molar-refractivity contribution in [2.75, 3.05) is 37.6 Å². The second-order valence-corrected chi connectivity index (χ2v) is 10.4. The van der Waals surface area contributed by atoms with Gasteiger partial charge in [0.05, 0.1) is 17.4 Å². The molecule has 1 aromatic heterocycles. The van der Waals surface area contributed by atoms with Gasteiger partial charge in [-0.2, -0.15) is 0 Å². The van der Waals surface area contributed by atoms with E-state index in [-0.39, 0.29) is 11.6 Å². The van der Waals surface area contributed by atoms with Gasteiger partial charge in [0.1, 0.15) is 0 Å². The van der Waals surface area contributed by atoms with Crippen LogP contribution in [-0.2, 0) is 6.42 Å². The Morgan fingerprint density at radius 3 is 2.38 bits per heavy atom. The summed E-state index contributed by atoms with van der Waals surface area (Å²) in [6.45, 7) is 12.1. The molecular formula is C26H43N5O. The van der Waals surface area contributed by atoms with Crippen LogP contribution in [-0.4, -0.2) is 59.3 Å². The normalized spacial score (nSPS) is 23.1. The number of hydrogen-bond acceptors (Lipinski definition) is 5. The van der Waals surface area contributed by atoms with E-state index >= 15 is 0 Å². The molecular weight excluding hydrogens is 398 g/mol. The van der Waals surface area contributed by atoms with E-state index in [9.17, 15) is 4.79 Å². The molecule has 1 unspecified atom stereocenters. The molecule has 3 heterocycles. The number of aromatic amines is 1. The van der Waals surface area contributed by atoms with E-state index < -0.39 is 0 Å². The average molecular weight is 442 g/mol. The fraction of sp³-hybridized carbons (Fsp3) is 0.808. The number of likely N-dealkylation sites (tertiary alicyclic amines) is 1. The van der Waals surface area contributed by atoms with Gasteiger partial charge in [0.2, 0.25) is 5.95 Å². The number of fused-ring (bicyclic) bond motifs is 1. The van der Waals surface area contributed by atoms with E-state index in [4.69, 9.17) is 9.98 Å². The van der Waals surface area contributed by atoms with E-state index in [1.54, 1.807) is 0 Å². The highest BCUT2D eigenvalue weighted by Gasteiger charge is 2.28. The van der Waals surface area contributed by atoms with Crippen LogP contribution in [0.1, 0.15) is 89.8 Å². The number of nitrogens with one attached hydrogen (secondary N) is 1. The zero-order valence-electron chi connectivity index (χ0n) is 20.5. The molecule has 1 aromatic rings. The van der Waals surface area contributed by atoms with Gasteiger partial charge in [-0.3, -0.25) is 14.8 Å². The van der Waals surface area contributed by atoms with Gasteiger partial charge in [-0.05, 0) is 70.5 Å². The summed E-state index contributed by atoms with van der Waals surface area (Å²) in [6.07, 6.45) is 11.8. The van der Waals surface area contributed by atoms with Crippen molar-refractivity contribution >= 4 is 11.7 Å². The topological polar surface area (TPSA) is 64.6 Å². The Labute approximate surface area is 193 Å². The molecule has 4 rings (SSSR count). The second kappa shape index (κ2) is 11.0. The minimum absolute atomic E-state index is 0.0507. The van der Waals surface area contributed by atoms with Crippen LogP contribution in [0.15, 0.2) is 9.79 Å². The fourth-order valence-corrected chi connectivity index (χ4v) is 5.88. The first-order chi connectivity index (χ1) is 15.6. The summed E-state index contributed by atoms with van der Waals surface area (Å²) >= 11 is 0. The zero-order chi connectivity index (χ0) is 22.5. The zero-order valence-corrected chi connectivity index (χ0v) is 20.5. The molecule has 0 aromatic carbocycles. The molecule has 0 amide bonds. The Morgan fingerprint density at radius 2 is 1.72 bits per heavy atom. The summed E-state index contributed by atoms with van der Waals surface area (Å²) in [4.78, 5) is 31.3. The van der Waals surface area contributed by atoms with Crippen molar-refractivity contribution in [1.82, 2.24) is 14.9 Å². The maximum absolute atomic E-state index is 13.2. The molecule has 0 spiro atoms. The third-order valence-electron chi connectivity index (χ3n) is 7.77. The molecule has 6 nitrogen and oxygen atoms in total. The molecule has 0 radical (unpaired) electrons. The highest BCUT2D eigenvalue weighted by Crippen LogP contribution is 2.28. The molecule has 0 bridgehead atoms. The largest absolute Gasteiger partial charge is 0.342 e. The van der Waals surface area contributed by atoms with E-state index in [2.05, 4.69) is 35.6 Å². The van der Waals surface area contributed by atoms with Crippen molar-refractivity contribution in [2.24, 2.45) is 16.8 Å². The minimum atomic E-state index is 0.0507. The lowest BCUT2D eigenvalue weighted by Gasteiger charge is -2.36. The molecule has 32 heavy (non-hydrogen) atoms. The van der Waals surface area contributed by atoms with Crippen LogP contribution in [0.4, 0.5) is 5.95 Å². The van der Waals surface area contributed by atoms with Crippen molar-refractivity contribution in [1.29, 1.82) is 0 Å². The minimum Gasteiger partial charge on any atom is -0.342 e. The second-order valence-electron chi connectivity index (χ2n) is 10.4. The van der Waals surface area contributed by atoms with Crippen LogP contribution in [0.25, 0.3) is 0 Å². The molecule has 178 valence electrons. The number of hydrogen-bond donors (Lipinski definition) is 1. The Hall–Kier alpha value is -1.69. The molecule has 1 N–H and O–H groups in total. The van der Waals surface area contributed by atoms with Gasteiger partial charge in [-0.15, -0.1) is 0 Å². The molecule has 3 aliphatic rings. The third-order valence-corrected chi connectivity index (χ3v) is 7.77. The number of piperidine rings is 1. The smallest absolute Gasteiger partial charge is 0.256 e. The van der Waals surface area contributed by atoms with Gasteiger partial charge in [0.25, 0.3) is 5.56 Å². The molecule has 6 heteroatoms. The monoisotopic (exact) mass is 441 g/mol. The number of rotatable bonds is 8. The number of aromatic nitrogens is 2. The number of H-pyrrole nitrogens is 1. The van der Waals surface area contributed by atoms with Gasteiger partial charge in [-0.1, -0.05) is 39.5 Å². The predicted octanol–water partition coefficient (Wildman–Crippen LogP) is 4.42. The van der Waals surface area contributed by atoms with Crippen molar-refractivity contribution in [3.63, 3.8) is 0 Å². The summed E-state index contributed by atoms with van der Waals surface area (Å²) in [6, 6.07) is 0.167. The maximum atomic E-state index is 13.2. The lowest BCUT2D eigenvalue weighted by atomic mass is 9.88. The summed E-state index contributed by atoms with van der Waals surface area (Å²) in [5, 5.41) is 0. The van der Waals surface area contributed by atoms with Gasteiger partial charge >= 0.3 is 0 Å². The molecule has 1 atom stereocenters. The van der Waals surface area contributed by atoms with Gasteiger partial charge < -0.3 is 9.80 Å². The van der Waals surface area contributed by atoms with Crippen LogP contribution in [0.5, 0.6) is 0 Å². The van der Waals surface area contributed by atoms with Gasteiger partial charge in [0, 0.05) is 25.1 Å². The highest BCUT2D eigenvalue weighted by molar-refractivity contribution is 6.01. The Kier molecular flexibility index (Phi) is 8.03. The first kappa shape index (κ1) is 23.5. The van der Waals surface area contributed by atoms with E-state index in [0.29, 0.717) is 18.3 Å². The Bertz CT molecular complexity index is 833. The number of aliphatic imine (C=N–C) groups is 1. The first-order valence-corrected chi connectivity index (χ1v) is 13.2. The summed E-state index contributed by atoms with van der Waals surface area (Å²) in [5.41, 5.74) is 2.80. The van der Waals surface area contributed by atoms with Crippen LogP contribution in [0.2, 0.25) is 0 Å². The first-order valence-electron chi connectivity index (χ1n) is 13.2. The summed E-state index contributed by atoms with van der Waals surface area (Å²) < 4.78 is 0. The SMILES string of the molecule is CCCC1=NC(C)Cc2c1nc(N(CC1CCCCC1)CC1CCN(CC)CC1)[nH]c2=O. The number of nitrogens with zero attached hydrogens (tertiary/aromatic N) is 4. The molecule has 2 fully saturated rings. The van der Waals surface area contributed by atoms with E-state index in [1.165, 1.54) is 58.0 Å². The summed E-state index contributed by atoms with van der Waals surface area (Å²) in [5.74, 6) is 2.17. The third kappa shape index (κ3) is 5.62. The van der Waals surface area contributed by atoms with Crippen LogP contribution < -0.4 is 10.5 Å². The Morgan fingerprint density at radius 1 is 1.03 bits per heavy atom. The van der Waals surface area contributed by atoms with Crippen LogP contribution in [0.3, 0.4) is 0 Å². The molecule has 1 saturated carbocycles. The van der Waals surface area contributed by atoms with Crippen molar-refractivity contribution in [3.05, 3.63) is 21.6 Å². The standard InChI is InChI=1S/C26H43N5O/c1-4-9-23-24-22(16-19(3)27-23)25(32)29-26(28-24)31(17-20-10-7-6-8-11-20)18-21-12-14-30(5-2)15-13-21/h19-21H,4-18H2,1-3H3,(H,28,29,32). The van der Waals surface area contributed by atoms with Crippen LogP contribution in [0, 0.1) is 11.8 Å². The molecule has 1 aliphatic carbocycles. The molecule has 1 saturated heterocycles.